The Bertz CT molecular complexity index is 1130. The van der Waals surface area contributed by atoms with E-state index >= 15 is 8.78 Å². The van der Waals surface area contributed by atoms with Crippen molar-refractivity contribution >= 4 is 17.5 Å². The number of guanidine groups is 1. The Morgan fingerprint density at radius 2 is 2.03 bits per heavy atom. The Morgan fingerprint density at radius 3 is 2.58 bits per heavy atom. The maximum Gasteiger partial charge on any atom is 0.286 e. The van der Waals surface area contributed by atoms with Gasteiger partial charge < -0.3 is 50.9 Å². The van der Waals surface area contributed by atoms with Gasteiger partial charge in [-0.2, -0.15) is 4.39 Å². The van der Waals surface area contributed by atoms with E-state index in [1.54, 1.807) is 0 Å². The smallest absolute Gasteiger partial charge is 0.286 e. The summed E-state index contributed by atoms with van der Waals surface area (Å²) in [4.78, 5) is 15.9. The lowest BCUT2D eigenvalue weighted by atomic mass is 9.82. The number of carboxylic acid groups (broad SMARTS) is 1. The van der Waals surface area contributed by atoms with Crippen LogP contribution in [0, 0.1) is 17.6 Å². The topological polar surface area (TPSA) is 193 Å². The van der Waals surface area contributed by atoms with Crippen molar-refractivity contribution in [1.29, 1.82) is 0 Å². The third-order valence-electron chi connectivity index (χ3n) is 5.95. The van der Waals surface area contributed by atoms with Gasteiger partial charge in [-0.3, -0.25) is 0 Å². The van der Waals surface area contributed by atoms with Crippen LogP contribution in [0.15, 0.2) is 29.5 Å². The van der Waals surface area contributed by atoms with Crippen LogP contribution in [0.1, 0.15) is 19.4 Å². The standard InChI is InChI=1S/C22H26F3N3O8/c1-7-4-8(2)34-17-10(7)5-11(23)18(13(17)24)36-22(20(32)33)19(25)14(28-21(26)27)9(3)16(35-22)15(31)12(30)6-29/h4-5,9,12,14-16,19,29-31H,2,6H2,1,3H3,(H,32,33)(H4,26,27,28)/p-1/t9?,12-,14?,15-,16?,19?,22?/m1/s1. The van der Waals surface area contributed by atoms with Gasteiger partial charge in [0.05, 0.1) is 18.8 Å². The number of aliphatic hydroxyl groups excluding tert-OH is 3. The van der Waals surface area contributed by atoms with E-state index in [0.29, 0.717) is 5.57 Å². The van der Waals surface area contributed by atoms with Crippen molar-refractivity contribution < 1.29 is 52.6 Å². The van der Waals surface area contributed by atoms with E-state index in [1.807, 2.05) is 0 Å². The van der Waals surface area contributed by atoms with E-state index in [9.17, 15) is 29.6 Å². The van der Waals surface area contributed by atoms with E-state index < -0.39 is 83.9 Å². The number of halogens is 3. The molecule has 2 aliphatic heterocycles. The zero-order valence-electron chi connectivity index (χ0n) is 19.2. The minimum atomic E-state index is -3.62. The summed E-state index contributed by atoms with van der Waals surface area (Å²) in [5.74, 6) is -13.0. The third-order valence-corrected chi connectivity index (χ3v) is 5.95. The molecule has 2 aliphatic rings. The number of nitrogens with zero attached hydrogens (tertiary/aromatic N) is 1. The molecule has 7 atom stereocenters. The zero-order valence-corrected chi connectivity index (χ0v) is 19.2. The molecule has 0 aliphatic carbocycles. The molecule has 2 heterocycles. The first kappa shape index (κ1) is 27.3. The van der Waals surface area contributed by atoms with Crippen molar-refractivity contribution in [2.75, 3.05) is 6.61 Å². The maximum atomic E-state index is 15.8. The molecule has 0 bridgehead atoms. The molecule has 0 amide bonds. The van der Waals surface area contributed by atoms with Gasteiger partial charge in [-0.05, 0) is 24.6 Å². The van der Waals surface area contributed by atoms with E-state index in [4.69, 9.17) is 25.7 Å². The summed E-state index contributed by atoms with van der Waals surface area (Å²) in [6, 6.07) is -1.06. The second kappa shape index (κ2) is 9.97. The number of benzene rings is 1. The van der Waals surface area contributed by atoms with Gasteiger partial charge in [-0.15, -0.1) is 0 Å². The lowest BCUT2D eigenvalue weighted by Crippen LogP contribution is -2.71. The minimum Gasteiger partial charge on any atom is -0.543 e. The monoisotopic (exact) mass is 516 g/mol. The number of ether oxygens (including phenoxy) is 3. The molecule has 0 aromatic heterocycles. The summed E-state index contributed by atoms with van der Waals surface area (Å²) < 4.78 is 61.6. The average Bonchev–Trinajstić information content (AvgIpc) is 2.80. The van der Waals surface area contributed by atoms with Crippen molar-refractivity contribution in [3.8, 4) is 11.5 Å². The lowest BCUT2D eigenvalue weighted by Gasteiger charge is -2.50. The van der Waals surface area contributed by atoms with Crippen LogP contribution < -0.4 is 26.0 Å². The van der Waals surface area contributed by atoms with Crippen LogP contribution in [0.25, 0.3) is 5.57 Å². The Labute approximate surface area is 203 Å². The molecular formula is C22H25F3N3O8-. The van der Waals surface area contributed by atoms with Gasteiger partial charge in [0, 0.05) is 11.5 Å². The van der Waals surface area contributed by atoms with E-state index in [0.717, 1.165) is 6.07 Å². The highest BCUT2D eigenvalue weighted by Crippen LogP contribution is 2.45. The number of aliphatic carboxylic acids is 1. The van der Waals surface area contributed by atoms with Crippen molar-refractivity contribution in [2.24, 2.45) is 22.4 Å². The lowest BCUT2D eigenvalue weighted by molar-refractivity contribution is -0.376. The molecule has 198 valence electrons. The number of carbonyl (C=O) groups excluding carboxylic acids is 1. The SMILES string of the molecule is C=C1C=C(C)c2cc(F)c(OC3(C(=O)[O-])OC([C@H](O)[C@H](O)CO)C(C)C(N=C(N)N)C3F)c(F)c2O1. The predicted molar refractivity (Wildman–Crippen MR) is 116 cm³/mol. The number of aliphatic imine (C=N–C) groups is 1. The van der Waals surface area contributed by atoms with Gasteiger partial charge in [0.1, 0.15) is 23.9 Å². The first-order chi connectivity index (χ1) is 16.7. The number of fused-ring (bicyclic) bond motifs is 1. The number of allylic oxidation sites excluding steroid dienone is 2. The van der Waals surface area contributed by atoms with Crippen molar-refractivity contribution in [3.63, 3.8) is 0 Å². The van der Waals surface area contributed by atoms with Crippen molar-refractivity contribution in [2.45, 2.75) is 50.2 Å². The first-order valence-corrected chi connectivity index (χ1v) is 10.6. The van der Waals surface area contributed by atoms with Crippen LogP contribution in [0.4, 0.5) is 13.2 Å². The number of nitrogens with two attached hydrogens (primary N) is 2. The van der Waals surface area contributed by atoms with Crippen LogP contribution in [-0.2, 0) is 9.53 Å². The van der Waals surface area contributed by atoms with E-state index in [-0.39, 0.29) is 11.3 Å². The van der Waals surface area contributed by atoms with Gasteiger partial charge in [0.25, 0.3) is 5.79 Å². The molecule has 5 unspecified atom stereocenters. The molecule has 0 saturated carbocycles. The molecule has 1 fully saturated rings. The molecule has 3 rings (SSSR count). The number of aliphatic hydroxyl groups is 3. The fourth-order valence-corrected chi connectivity index (χ4v) is 4.11. The van der Waals surface area contributed by atoms with Crippen LogP contribution in [0.2, 0.25) is 0 Å². The van der Waals surface area contributed by atoms with Gasteiger partial charge in [0.2, 0.25) is 5.82 Å². The van der Waals surface area contributed by atoms with Gasteiger partial charge in [-0.25, -0.2) is 13.8 Å². The number of rotatable bonds is 7. The second-order valence-corrected chi connectivity index (χ2v) is 8.46. The molecule has 36 heavy (non-hydrogen) atoms. The Morgan fingerprint density at radius 1 is 1.39 bits per heavy atom. The number of alkyl halides is 1. The molecule has 0 radical (unpaired) electrons. The van der Waals surface area contributed by atoms with E-state index in [2.05, 4.69) is 11.6 Å². The zero-order chi connectivity index (χ0) is 27.1. The molecule has 7 N–H and O–H groups in total. The number of hydrogen-bond donors (Lipinski definition) is 5. The van der Waals surface area contributed by atoms with Crippen LogP contribution in [0.5, 0.6) is 11.5 Å². The molecule has 0 spiro atoms. The summed E-state index contributed by atoms with van der Waals surface area (Å²) in [6.45, 7) is 5.28. The highest BCUT2D eigenvalue weighted by atomic mass is 19.1. The van der Waals surface area contributed by atoms with Crippen LogP contribution >= 0.6 is 0 Å². The summed E-state index contributed by atoms with van der Waals surface area (Å²) in [5.41, 5.74) is 11.0. The first-order valence-electron chi connectivity index (χ1n) is 10.6. The Hall–Kier alpha value is -3.33. The number of carbonyl (C=O) groups is 1. The quantitative estimate of drug-likeness (QED) is 0.218. The van der Waals surface area contributed by atoms with Gasteiger partial charge >= 0.3 is 0 Å². The average molecular weight is 516 g/mol. The highest BCUT2D eigenvalue weighted by Gasteiger charge is 2.60. The van der Waals surface area contributed by atoms with Gasteiger partial charge in [-0.1, -0.05) is 13.5 Å². The Kier molecular flexibility index (Phi) is 7.55. The number of carboxylic acids is 1. The minimum absolute atomic E-state index is 0.0221. The number of hydrogen-bond acceptors (Lipinski definition) is 9. The predicted octanol–water partition coefficient (Wildman–Crippen LogP) is -1.17. The summed E-state index contributed by atoms with van der Waals surface area (Å²) in [5, 5.41) is 41.8. The third kappa shape index (κ3) is 4.59. The molecule has 14 heteroatoms. The normalized spacial score (nSPS) is 29.3. The second-order valence-electron chi connectivity index (χ2n) is 8.46. The fourth-order valence-electron chi connectivity index (χ4n) is 4.11. The van der Waals surface area contributed by atoms with Crippen LogP contribution in [-0.4, -0.2) is 70.2 Å². The summed E-state index contributed by atoms with van der Waals surface area (Å²) in [6.07, 6.45) is -7.20. The Balaban J connectivity index is 2.18. The summed E-state index contributed by atoms with van der Waals surface area (Å²) in [7, 11) is 0. The highest BCUT2D eigenvalue weighted by molar-refractivity contribution is 5.78. The fraction of sp³-hybridized carbons (Fsp3) is 0.455. The van der Waals surface area contributed by atoms with Crippen molar-refractivity contribution in [1.82, 2.24) is 0 Å². The maximum absolute atomic E-state index is 15.8. The van der Waals surface area contributed by atoms with Gasteiger partial charge in [0.15, 0.2) is 29.4 Å². The molecule has 1 aromatic carbocycles. The molecule has 1 aromatic rings. The van der Waals surface area contributed by atoms with E-state index in [1.165, 1.54) is 19.9 Å². The van der Waals surface area contributed by atoms with Crippen molar-refractivity contribution in [3.05, 3.63) is 41.7 Å². The van der Waals surface area contributed by atoms with Crippen LogP contribution in [0.3, 0.4) is 0 Å². The molecular weight excluding hydrogens is 491 g/mol. The largest absolute Gasteiger partial charge is 0.543 e. The molecule has 1 saturated heterocycles. The molecule has 11 nitrogen and oxygen atoms in total. The summed E-state index contributed by atoms with van der Waals surface area (Å²) >= 11 is 0.